The molecule has 1 aliphatic rings. The van der Waals surface area contributed by atoms with Crippen LogP contribution in [0.25, 0.3) is 0 Å². The number of nitrogens with one attached hydrogen (secondary N) is 2. The summed E-state index contributed by atoms with van der Waals surface area (Å²) < 4.78 is 0. The van der Waals surface area contributed by atoms with E-state index in [4.69, 9.17) is 0 Å². The minimum atomic E-state index is -0.485. The van der Waals surface area contributed by atoms with Crippen LogP contribution in [-0.2, 0) is 0 Å². The normalized spacial score (nSPS) is 11.9. The summed E-state index contributed by atoms with van der Waals surface area (Å²) in [5.41, 5.74) is 1.41. The largest absolute Gasteiger partial charge is 0.321 e. The number of nitrogens with zero attached hydrogens (tertiary/aromatic N) is 2. The summed E-state index contributed by atoms with van der Waals surface area (Å²) in [4.78, 5) is 60.3. The highest BCUT2D eigenvalue weighted by molar-refractivity contribution is 6.33. The standard InChI is InChI=1S/C26H16N4O4/c31-23-17-7-1-2-8-18(17)24(32)22-20(30-26(34)16-6-4-12-28-14-16)10-9-19(21(22)23)29-25(33)15-5-3-11-27-13-15/h1-14H,(H,29,33)(H,30,34). The first kappa shape index (κ1) is 20.9. The Morgan fingerprint density at radius 1 is 0.588 bits per heavy atom. The number of fused-ring (bicyclic) bond motifs is 2. The van der Waals surface area contributed by atoms with Gasteiger partial charge in [0.1, 0.15) is 0 Å². The average molecular weight is 448 g/mol. The van der Waals surface area contributed by atoms with Crippen LogP contribution in [-0.4, -0.2) is 33.3 Å². The monoisotopic (exact) mass is 448 g/mol. The van der Waals surface area contributed by atoms with Gasteiger partial charge in [-0.05, 0) is 36.4 Å². The van der Waals surface area contributed by atoms with E-state index in [1.54, 1.807) is 48.5 Å². The van der Waals surface area contributed by atoms with Gasteiger partial charge in [-0.25, -0.2) is 0 Å². The number of amides is 2. The summed E-state index contributed by atoms with van der Waals surface area (Å²) in [5.74, 6) is -1.82. The van der Waals surface area contributed by atoms with Crippen molar-refractivity contribution in [2.45, 2.75) is 0 Å². The second-order valence-corrected chi connectivity index (χ2v) is 7.51. The van der Waals surface area contributed by atoms with E-state index in [1.165, 1.54) is 36.9 Å². The molecule has 0 aliphatic heterocycles. The van der Waals surface area contributed by atoms with Crippen molar-refractivity contribution >= 4 is 34.8 Å². The lowest BCUT2D eigenvalue weighted by atomic mass is 9.82. The Bertz CT molecular complexity index is 1360. The summed E-state index contributed by atoms with van der Waals surface area (Å²) in [6.45, 7) is 0. The number of hydrogen-bond donors (Lipinski definition) is 2. The van der Waals surface area contributed by atoms with Crippen molar-refractivity contribution in [2.75, 3.05) is 10.6 Å². The number of aromatic nitrogens is 2. The van der Waals surface area contributed by atoms with Crippen LogP contribution in [0.1, 0.15) is 52.6 Å². The predicted octanol–water partition coefficient (Wildman–Crippen LogP) is 3.76. The van der Waals surface area contributed by atoms with Gasteiger partial charge in [0, 0.05) is 35.9 Å². The second kappa shape index (κ2) is 8.51. The molecule has 0 spiro atoms. The van der Waals surface area contributed by atoms with Crippen molar-refractivity contribution in [3.8, 4) is 0 Å². The van der Waals surface area contributed by atoms with Crippen molar-refractivity contribution in [2.24, 2.45) is 0 Å². The Labute approximate surface area is 193 Å². The fraction of sp³-hybridized carbons (Fsp3) is 0. The first-order valence-corrected chi connectivity index (χ1v) is 10.3. The van der Waals surface area contributed by atoms with Crippen molar-refractivity contribution in [1.82, 2.24) is 9.97 Å². The summed E-state index contributed by atoms with van der Waals surface area (Å²) in [7, 11) is 0. The molecule has 2 heterocycles. The maximum atomic E-state index is 13.5. The van der Waals surface area contributed by atoms with E-state index in [-0.39, 0.29) is 33.6 Å². The van der Waals surface area contributed by atoms with Gasteiger partial charge in [0.05, 0.1) is 33.6 Å². The Hall–Kier alpha value is -4.98. The molecule has 164 valence electrons. The molecule has 5 rings (SSSR count). The Kier molecular flexibility index (Phi) is 5.23. The van der Waals surface area contributed by atoms with E-state index in [0.717, 1.165) is 0 Å². The number of ketones is 2. The van der Waals surface area contributed by atoms with Crippen molar-refractivity contribution in [3.63, 3.8) is 0 Å². The first-order chi connectivity index (χ1) is 16.5. The van der Waals surface area contributed by atoms with E-state index in [0.29, 0.717) is 11.1 Å². The number of benzene rings is 2. The minimum Gasteiger partial charge on any atom is -0.321 e. The van der Waals surface area contributed by atoms with Gasteiger partial charge in [0.2, 0.25) is 0 Å². The van der Waals surface area contributed by atoms with Crippen LogP contribution < -0.4 is 10.6 Å². The third-order valence-electron chi connectivity index (χ3n) is 5.42. The molecule has 0 atom stereocenters. The number of hydrogen-bond acceptors (Lipinski definition) is 6. The van der Waals surface area contributed by atoms with Gasteiger partial charge in [-0.2, -0.15) is 0 Å². The van der Waals surface area contributed by atoms with Crippen LogP contribution >= 0.6 is 0 Å². The van der Waals surface area contributed by atoms with Crippen LogP contribution in [0, 0.1) is 0 Å². The molecule has 2 amide bonds. The van der Waals surface area contributed by atoms with E-state index in [2.05, 4.69) is 20.6 Å². The van der Waals surface area contributed by atoms with Gasteiger partial charge >= 0.3 is 0 Å². The molecule has 0 fully saturated rings. The second-order valence-electron chi connectivity index (χ2n) is 7.51. The summed E-state index contributed by atoms with van der Waals surface area (Å²) in [6, 6.07) is 15.8. The molecule has 1 aliphatic carbocycles. The Morgan fingerprint density at radius 3 is 1.41 bits per heavy atom. The SMILES string of the molecule is O=C(Nc1ccc(NC(=O)c2cccnc2)c2c1C(=O)c1ccccc1C2=O)c1cccnc1. The van der Waals surface area contributed by atoms with Gasteiger partial charge in [-0.15, -0.1) is 0 Å². The summed E-state index contributed by atoms with van der Waals surface area (Å²) in [5, 5.41) is 5.41. The van der Waals surface area contributed by atoms with Gasteiger partial charge < -0.3 is 10.6 Å². The van der Waals surface area contributed by atoms with Crippen LogP contribution in [0.3, 0.4) is 0 Å². The lowest BCUT2D eigenvalue weighted by molar-refractivity contribution is 0.0977. The third-order valence-corrected chi connectivity index (χ3v) is 5.42. The summed E-state index contributed by atoms with van der Waals surface area (Å²) in [6.07, 6.45) is 5.87. The van der Waals surface area contributed by atoms with Crippen LogP contribution in [0.4, 0.5) is 11.4 Å². The zero-order chi connectivity index (χ0) is 23.7. The smallest absolute Gasteiger partial charge is 0.257 e. The third kappa shape index (κ3) is 3.63. The Morgan fingerprint density at radius 2 is 1.03 bits per heavy atom. The number of carbonyl (C=O) groups is 4. The topological polar surface area (TPSA) is 118 Å². The highest BCUT2D eigenvalue weighted by Gasteiger charge is 2.34. The summed E-state index contributed by atoms with van der Waals surface area (Å²) >= 11 is 0. The zero-order valence-corrected chi connectivity index (χ0v) is 17.6. The number of anilines is 2. The van der Waals surface area contributed by atoms with Crippen LogP contribution in [0.5, 0.6) is 0 Å². The van der Waals surface area contributed by atoms with Gasteiger partial charge in [-0.3, -0.25) is 29.1 Å². The molecule has 8 nitrogen and oxygen atoms in total. The highest BCUT2D eigenvalue weighted by Crippen LogP contribution is 2.37. The lowest BCUT2D eigenvalue weighted by Gasteiger charge is -2.23. The number of rotatable bonds is 4. The highest BCUT2D eigenvalue weighted by atomic mass is 16.2. The molecule has 0 saturated carbocycles. The molecule has 0 bridgehead atoms. The molecule has 2 aromatic carbocycles. The molecule has 2 N–H and O–H groups in total. The lowest BCUT2D eigenvalue weighted by Crippen LogP contribution is -2.26. The van der Waals surface area contributed by atoms with E-state index >= 15 is 0 Å². The van der Waals surface area contributed by atoms with Gasteiger partial charge in [-0.1, -0.05) is 24.3 Å². The molecule has 0 saturated heterocycles. The van der Waals surface area contributed by atoms with Crippen molar-refractivity contribution in [1.29, 1.82) is 0 Å². The quantitative estimate of drug-likeness (QED) is 0.432. The zero-order valence-electron chi connectivity index (χ0n) is 17.6. The molecule has 8 heteroatoms. The number of carbonyl (C=O) groups excluding carboxylic acids is 4. The molecule has 0 radical (unpaired) electrons. The van der Waals surface area contributed by atoms with E-state index < -0.39 is 23.4 Å². The molecule has 0 unspecified atom stereocenters. The van der Waals surface area contributed by atoms with Crippen molar-refractivity contribution in [3.05, 3.63) is 119 Å². The van der Waals surface area contributed by atoms with Crippen LogP contribution in [0.2, 0.25) is 0 Å². The average Bonchev–Trinajstić information content (AvgIpc) is 2.89. The maximum Gasteiger partial charge on any atom is 0.257 e. The molecular formula is C26H16N4O4. The first-order valence-electron chi connectivity index (χ1n) is 10.3. The van der Waals surface area contributed by atoms with E-state index in [9.17, 15) is 19.2 Å². The maximum absolute atomic E-state index is 13.5. The molecule has 34 heavy (non-hydrogen) atoms. The Balaban J connectivity index is 1.61. The van der Waals surface area contributed by atoms with Gasteiger partial charge in [0.25, 0.3) is 11.8 Å². The molecule has 2 aromatic heterocycles. The fourth-order valence-electron chi connectivity index (χ4n) is 3.81. The molecule has 4 aromatic rings. The predicted molar refractivity (Wildman–Crippen MR) is 124 cm³/mol. The number of pyridine rings is 2. The van der Waals surface area contributed by atoms with Crippen molar-refractivity contribution < 1.29 is 19.2 Å². The molecular weight excluding hydrogens is 432 g/mol. The van der Waals surface area contributed by atoms with Gasteiger partial charge in [0.15, 0.2) is 11.6 Å². The van der Waals surface area contributed by atoms with Crippen LogP contribution in [0.15, 0.2) is 85.5 Å². The fourth-order valence-corrected chi connectivity index (χ4v) is 3.81. The minimum absolute atomic E-state index is 0.0185. The van der Waals surface area contributed by atoms with E-state index in [1.807, 2.05) is 0 Å².